The van der Waals surface area contributed by atoms with Gasteiger partial charge in [0.05, 0.1) is 4.88 Å². The molecular formula is C17H21NOS. The molecule has 2 nitrogen and oxygen atoms in total. The van der Waals surface area contributed by atoms with Crippen molar-refractivity contribution in [3.63, 3.8) is 0 Å². The van der Waals surface area contributed by atoms with Crippen molar-refractivity contribution < 1.29 is 4.79 Å². The maximum absolute atomic E-state index is 12.3. The van der Waals surface area contributed by atoms with Crippen LogP contribution in [0.3, 0.4) is 0 Å². The molecule has 0 radical (unpaired) electrons. The van der Waals surface area contributed by atoms with E-state index in [-0.39, 0.29) is 0 Å². The molecule has 0 spiro atoms. The normalized spacial score (nSPS) is 17.2. The predicted molar refractivity (Wildman–Crippen MR) is 85.7 cm³/mol. The predicted octanol–water partition coefficient (Wildman–Crippen LogP) is 4.35. The third kappa shape index (κ3) is 3.28. The Balaban J connectivity index is 1.60. The van der Waals surface area contributed by atoms with Crippen LogP contribution in [-0.2, 0) is 0 Å². The summed E-state index contributed by atoms with van der Waals surface area (Å²) >= 11 is 1.63. The molecule has 1 aliphatic rings. The van der Waals surface area contributed by atoms with Crippen molar-refractivity contribution in [2.75, 3.05) is 19.6 Å². The topological polar surface area (TPSA) is 20.3 Å². The number of carbonyl (C=O) groups excluding carboxylic acids is 1. The van der Waals surface area contributed by atoms with Gasteiger partial charge in [-0.1, -0.05) is 31.0 Å². The van der Waals surface area contributed by atoms with Gasteiger partial charge in [0.1, 0.15) is 0 Å². The van der Waals surface area contributed by atoms with Crippen LogP contribution in [0.15, 0.2) is 30.3 Å². The molecule has 0 amide bonds. The summed E-state index contributed by atoms with van der Waals surface area (Å²) in [5.74, 6) is 0.301. The second-order valence-corrected chi connectivity index (χ2v) is 6.66. The highest BCUT2D eigenvalue weighted by Crippen LogP contribution is 2.26. The van der Waals surface area contributed by atoms with E-state index in [1.54, 1.807) is 11.3 Å². The Morgan fingerprint density at radius 3 is 2.60 bits per heavy atom. The maximum atomic E-state index is 12.3. The Bertz CT molecular complexity index is 548. The zero-order valence-corrected chi connectivity index (χ0v) is 12.6. The average molecular weight is 287 g/mol. The van der Waals surface area contributed by atoms with E-state index >= 15 is 0 Å². The number of hydrogen-bond donors (Lipinski definition) is 0. The third-order valence-corrected chi connectivity index (χ3v) is 5.21. The van der Waals surface area contributed by atoms with Crippen LogP contribution in [0.25, 0.3) is 10.1 Å². The largest absolute Gasteiger partial charge is 0.303 e. The molecule has 20 heavy (non-hydrogen) atoms. The number of rotatable bonds is 4. The van der Waals surface area contributed by atoms with Crippen molar-refractivity contribution in [1.29, 1.82) is 0 Å². The van der Waals surface area contributed by atoms with Crippen LogP contribution in [0.5, 0.6) is 0 Å². The molecule has 1 saturated heterocycles. The van der Waals surface area contributed by atoms with E-state index in [0.29, 0.717) is 12.2 Å². The van der Waals surface area contributed by atoms with Gasteiger partial charge in [-0.3, -0.25) is 4.79 Å². The van der Waals surface area contributed by atoms with Gasteiger partial charge in [-0.2, -0.15) is 0 Å². The van der Waals surface area contributed by atoms with Gasteiger partial charge in [-0.25, -0.2) is 0 Å². The Labute approximate surface area is 124 Å². The summed E-state index contributed by atoms with van der Waals surface area (Å²) < 4.78 is 1.21. The lowest BCUT2D eigenvalue weighted by molar-refractivity contribution is 0.0969. The van der Waals surface area contributed by atoms with E-state index in [9.17, 15) is 4.79 Å². The van der Waals surface area contributed by atoms with Crippen LogP contribution in [0.4, 0.5) is 0 Å². The standard InChI is InChI=1S/C17H21NOS/c19-15(9-12-18-10-5-1-2-6-11-18)17-13-14-7-3-4-8-16(14)20-17/h3-4,7-8,13H,1-2,5-6,9-12H2. The van der Waals surface area contributed by atoms with Crippen molar-refractivity contribution in [2.45, 2.75) is 32.1 Å². The lowest BCUT2D eigenvalue weighted by atomic mass is 10.2. The van der Waals surface area contributed by atoms with E-state index in [2.05, 4.69) is 17.0 Å². The Morgan fingerprint density at radius 1 is 1.10 bits per heavy atom. The highest BCUT2D eigenvalue weighted by molar-refractivity contribution is 7.20. The number of hydrogen-bond acceptors (Lipinski definition) is 3. The molecule has 1 aromatic carbocycles. The molecule has 0 N–H and O–H groups in total. The van der Waals surface area contributed by atoms with Gasteiger partial charge in [0, 0.05) is 17.7 Å². The number of carbonyl (C=O) groups is 1. The minimum atomic E-state index is 0.301. The van der Waals surface area contributed by atoms with E-state index in [1.165, 1.54) is 48.9 Å². The molecule has 1 aromatic heterocycles. The number of ketones is 1. The number of Topliss-reactive ketones (excluding diaryl/α,β-unsaturated/α-hetero) is 1. The van der Waals surface area contributed by atoms with Crippen LogP contribution in [0, 0.1) is 0 Å². The summed E-state index contributed by atoms with van der Waals surface area (Å²) in [6, 6.07) is 10.3. The molecule has 0 unspecified atom stereocenters. The Kier molecular flexibility index (Phi) is 4.48. The number of nitrogens with zero attached hydrogens (tertiary/aromatic N) is 1. The fourth-order valence-electron chi connectivity index (χ4n) is 2.86. The first-order chi connectivity index (χ1) is 9.83. The minimum absolute atomic E-state index is 0.301. The SMILES string of the molecule is O=C(CCN1CCCCCC1)c1cc2ccccc2s1. The lowest BCUT2D eigenvalue weighted by Gasteiger charge is -2.18. The summed E-state index contributed by atoms with van der Waals surface area (Å²) in [6.07, 6.45) is 5.93. The highest BCUT2D eigenvalue weighted by atomic mass is 32.1. The summed E-state index contributed by atoms with van der Waals surface area (Å²) in [5, 5.41) is 1.19. The molecule has 1 aliphatic heterocycles. The second kappa shape index (κ2) is 6.51. The van der Waals surface area contributed by atoms with Gasteiger partial charge < -0.3 is 4.90 Å². The van der Waals surface area contributed by atoms with Gasteiger partial charge >= 0.3 is 0 Å². The Hall–Kier alpha value is -1.19. The number of fused-ring (bicyclic) bond motifs is 1. The fourth-order valence-corrected chi connectivity index (χ4v) is 3.89. The summed E-state index contributed by atoms with van der Waals surface area (Å²) in [7, 11) is 0. The van der Waals surface area contributed by atoms with Crippen molar-refractivity contribution in [3.8, 4) is 0 Å². The van der Waals surface area contributed by atoms with Crippen LogP contribution in [0.1, 0.15) is 41.8 Å². The van der Waals surface area contributed by atoms with E-state index in [0.717, 1.165) is 11.4 Å². The van der Waals surface area contributed by atoms with Gasteiger partial charge in [0.15, 0.2) is 5.78 Å². The Morgan fingerprint density at radius 2 is 1.85 bits per heavy atom. The molecule has 0 atom stereocenters. The average Bonchev–Trinajstić information content (AvgIpc) is 2.74. The third-order valence-electron chi connectivity index (χ3n) is 4.05. The van der Waals surface area contributed by atoms with Crippen LogP contribution in [-0.4, -0.2) is 30.3 Å². The highest BCUT2D eigenvalue weighted by Gasteiger charge is 2.13. The lowest BCUT2D eigenvalue weighted by Crippen LogP contribution is -2.27. The summed E-state index contributed by atoms with van der Waals surface area (Å²) in [6.45, 7) is 3.26. The van der Waals surface area contributed by atoms with Gasteiger partial charge in [0.2, 0.25) is 0 Å². The fraction of sp³-hybridized carbons (Fsp3) is 0.471. The van der Waals surface area contributed by atoms with Crippen LogP contribution < -0.4 is 0 Å². The van der Waals surface area contributed by atoms with Crippen LogP contribution in [0.2, 0.25) is 0 Å². The van der Waals surface area contributed by atoms with Crippen molar-refractivity contribution >= 4 is 27.2 Å². The number of likely N-dealkylation sites (tertiary alicyclic amines) is 1. The molecule has 3 heteroatoms. The smallest absolute Gasteiger partial charge is 0.174 e. The first-order valence-corrected chi connectivity index (χ1v) is 8.39. The molecule has 2 heterocycles. The summed E-state index contributed by atoms with van der Waals surface area (Å²) in [5.41, 5.74) is 0. The van der Waals surface area contributed by atoms with Crippen molar-refractivity contribution in [1.82, 2.24) is 4.90 Å². The van der Waals surface area contributed by atoms with Gasteiger partial charge in [0.25, 0.3) is 0 Å². The van der Waals surface area contributed by atoms with E-state index in [1.807, 2.05) is 18.2 Å². The number of benzene rings is 1. The van der Waals surface area contributed by atoms with Crippen molar-refractivity contribution in [2.24, 2.45) is 0 Å². The van der Waals surface area contributed by atoms with Crippen LogP contribution >= 0.6 is 11.3 Å². The molecule has 0 saturated carbocycles. The molecule has 2 aromatic rings. The summed E-state index contributed by atoms with van der Waals surface area (Å²) in [4.78, 5) is 15.7. The molecule has 106 valence electrons. The molecule has 0 bridgehead atoms. The van der Waals surface area contributed by atoms with Crippen molar-refractivity contribution in [3.05, 3.63) is 35.2 Å². The monoisotopic (exact) mass is 287 g/mol. The molecular weight excluding hydrogens is 266 g/mol. The molecule has 3 rings (SSSR count). The minimum Gasteiger partial charge on any atom is -0.303 e. The zero-order valence-electron chi connectivity index (χ0n) is 11.8. The zero-order chi connectivity index (χ0) is 13.8. The first-order valence-electron chi connectivity index (χ1n) is 7.57. The maximum Gasteiger partial charge on any atom is 0.174 e. The van der Waals surface area contributed by atoms with Gasteiger partial charge in [-0.05, 0) is 43.5 Å². The molecule has 0 aliphatic carbocycles. The van der Waals surface area contributed by atoms with E-state index in [4.69, 9.17) is 0 Å². The van der Waals surface area contributed by atoms with Gasteiger partial charge in [-0.15, -0.1) is 11.3 Å². The molecule has 1 fully saturated rings. The first kappa shape index (κ1) is 13.8. The number of thiophene rings is 1. The second-order valence-electron chi connectivity index (χ2n) is 5.58. The quantitative estimate of drug-likeness (QED) is 0.779. The van der Waals surface area contributed by atoms with E-state index < -0.39 is 0 Å².